The molecule has 0 saturated heterocycles. The molecule has 0 spiro atoms. The number of hydrogen-bond acceptors (Lipinski definition) is 5. The van der Waals surface area contributed by atoms with Crippen LogP contribution in [0.15, 0.2) is 30.6 Å². The van der Waals surface area contributed by atoms with Crippen molar-refractivity contribution in [2.24, 2.45) is 0 Å². The molecule has 0 saturated carbocycles. The number of fused-ring (bicyclic) bond motifs is 1. The van der Waals surface area contributed by atoms with Gasteiger partial charge in [-0.05, 0) is 26.0 Å². The third kappa shape index (κ3) is 2.56. The Bertz CT molecular complexity index is 551. The number of esters is 1. The van der Waals surface area contributed by atoms with Gasteiger partial charge in [-0.25, -0.2) is 14.8 Å². The van der Waals surface area contributed by atoms with Crippen molar-refractivity contribution in [3.63, 3.8) is 0 Å². The molecule has 1 aromatic carbocycles. The summed E-state index contributed by atoms with van der Waals surface area (Å²) in [5, 5.41) is 3.93. The Morgan fingerprint density at radius 1 is 1.39 bits per heavy atom. The lowest BCUT2D eigenvalue weighted by Gasteiger charge is -2.14. The van der Waals surface area contributed by atoms with Crippen molar-refractivity contribution in [3.05, 3.63) is 30.6 Å². The minimum Gasteiger partial charge on any atom is -0.464 e. The van der Waals surface area contributed by atoms with Gasteiger partial charge in [0.1, 0.15) is 18.2 Å². The zero-order valence-corrected chi connectivity index (χ0v) is 10.4. The van der Waals surface area contributed by atoms with Crippen LogP contribution in [0.2, 0.25) is 0 Å². The van der Waals surface area contributed by atoms with Crippen LogP contribution in [0.1, 0.15) is 13.8 Å². The number of aromatic nitrogens is 2. The highest BCUT2D eigenvalue weighted by Crippen LogP contribution is 2.19. The number of hydrogen-bond donors (Lipinski definition) is 1. The minimum atomic E-state index is -0.441. The van der Waals surface area contributed by atoms with E-state index in [0.717, 1.165) is 10.9 Å². The number of carbonyl (C=O) groups excluding carboxylic acids is 1. The second-order valence-electron chi connectivity index (χ2n) is 3.86. The van der Waals surface area contributed by atoms with Crippen LogP contribution in [0.3, 0.4) is 0 Å². The Kier molecular flexibility index (Phi) is 3.72. The van der Waals surface area contributed by atoms with E-state index in [1.807, 2.05) is 24.3 Å². The van der Waals surface area contributed by atoms with E-state index < -0.39 is 6.04 Å². The molecule has 1 unspecified atom stereocenters. The minimum absolute atomic E-state index is 0.291. The Hall–Kier alpha value is -2.17. The van der Waals surface area contributed by atoms with Crippen molar-refractivity contribution in [2.45, 2.75) is 19.9 Å². The van der Waals surface area contributed by atoms with Gasteiger partial charge in [-0.1, -0.05) is 12.1 Å². The van der Waals surface area contributed by atoms with E-state index in [2.05, 4.69) is 15.3 Å². The Labute approximate surface area is 105 Å². The molecule has 0 radical (unpaired) electrons. The van der Waals surface area contributed by atoms with E-state index in [1.54, 1.807) is 13.8 Å². The van der Waals surface area contributed by atoms with Gasteiger partial charge in [-0.2, -0.15) is 0 Å². The van der Waals surface area contributed by atoms with E-state index in [4.69, 9.17) is 4.74 Å². The molecule has 0 fully saturated rings. The standard InChI is InChI=1S/C13H15N3O2/c1-3-18-13(17)9(2)16-12-10-6-4-5-7-11(10)14-8-15-12/h4-9H,3H2,1-2H3,(H,14,15,16). The first-order valence-corrected chi connectivity index (χ1v) is 5.85. The van der Waals surface area contributed by atoms with Gasteiger partial charge in [0.05, 0.1) is 12.1 Å². The number of nitrogens with one attached hydrogen (secondary N) is 1. The van der Waals surface area contributed by atoms with Gasteiger partial charge in [0, 0.05) is 5.39 Å². The number of ether oxygens (including phenoxy) is 1. The third-order valence-corrected chi connectivity index (χ3v) is 2.54. The van der Waals surface area contributed by atoms with Gasteiger partial charge in [0.15, 0.2) is 0 Å². The SMILES string of the molecule is CCOC(=O)C(C)Nc1ncnc2ccccc12. The second kappa shape index (κ2) is 5.44. The lowest BCUT2D eigenvalue weighted by Crippen LogP contribution is -2.28. The average Bonchev–Trinajstić information content (AvgIpc) is 2.39. The van der Waals surface area contributed by atoms with Gasteiger partial charge in [0.25, 0.3) is 0 Å². The molecule has 1 heterocycles. The maximum Gasteiger partial charge on any atom is 0.328 e. The summed E-state index contributed by atoms with van der Waals surface area (Å²) in [6.07, 6.45) is 1.47. The molecule has 0 aliphatic rings. The number of rotatable bonds is 4. The van der Waals surface area contributed by atoms with Crippen LogP contribution in [0.5, 0.6) is 0 Å². The molecule has 1 aromatic heterocycles. The fourth-order valence-electron chi connectivity index (χ4n) is 1.65. The molecular weight excluding hydrogens is 230 g/mol. The van der Waals surface area contributed by atoms with Crippen molar-refractivity contribution < 1.29 is 9.53 Å². The number of benzene rings is 1. The molecule has 1 N–H and O–H groups in total. The van der Waals surface area contributed by atoms with Crippen molar-refractivity contribution in [1.29, 1.82) is 0 Å². The lowest BCUT2D eigenvalue weighted by molar-refractivity contribution is -0.143. The zero-order valence-electron chi connectivity index (χ0n) is 10.4. The van der Waals surface area contributed by atoms with Crippen LogP contribution < -0.4 is 5.32 Å². The summed E-state index contributed by atoms with van der Waals surface area (Å²) in [5.41, 5.74) is 0.839. The number of nitrogens with zero attached hydrogens (tertiary/aromatic N) is 2. The molecule has 0 aliphatic carbocycles. The summed E-state index contributed by atoms with van der Waals surface area (Å²) in [6.45, 7) is 3.90. The van der Waals surface area contributed by atoms with Crippen LogP contribution in [-0.4, -0.2) is 28.6 Å². The second-order valence-corrected chi connectivity index (χ2v) is 3.86. The van der Waals surface area contributed by atoms with Crippen molar-refractivity contribution >= 4 is 22.7 Å². The maximum atomic E-state index is 11.6. The zero-order chi connectivity index (χ0) is 13.0. The van der Waals surface area contributed by atoms with E-state index in [1.165, 1.54) is 6.33 Å². The first-order chi connectivity index (χ1) is 8.72. The van der Waals surface area contributed by atoms with Crippen LogP contribution in [0.25, 0.3) is 10.9 Å². The number of para-hydroxylation sites is 1. The molecule has 5 heteroatoms. The van der Waals surface area contributed by atoms with Crippen molar-refractivity contribution in [2.75, 3.05) is 11.9 Å². The molecule has 1 atom stereocenters. The molecule has 0 aliphatic heterocycles. The molecule has 94 valence electrons. The quantitative estimate of drug-likeness (QED) is 0.834. The smallest absolute Gasteiger partial charge is 0.328 e. The van der Waals surface area contributed by atoms with E-state index in [-0.39, 0.29) is 5.97 Å². The van der Waals surface area contributed by atoms with Crippen molar-refractivity contribution in [3.8, 4) is 0 Å². The lowest BCUT2D eigenvalue weighted by atomic mass is 10.2. The monoisotopic (exact) mass is 245 g/mol. The Balaban J connectivity index is 2.24. The predicted octanol–water partition coefficient (Wildman–Crippen LogP) is 1.99. The fourth-order valence-corrected chi connectivity index (χ4v) is 1.65. The van der Waals surface area contributed by atoms with Gasteiger partial charge in [-0.3, -0.25) is 0 Å². The van der Waals surface area contributed by atoms with E-state index >= 15 is 0 Å². The summed E-state index contributed by atoms with van der Waals surface area (Å²) in [6, 6.07) is 7.19. The molecule has 2 aromatic rings. The summed E-state index contributed by atoms with van der Waals surface area (Å²) in [5.74, 6) is 0.348. The molecule has 2 rings (SSSR count). The Morgan fingerprint density at radius 3 is 2.94 bits per heavy atom. The van der Waals surface area contributed by atoms with Gasteiger partial charge in [0.2, 0.25) is 0 Å². The first-order valence-electron chi connectivity index (χ1n) is 5.85. The van der Waals surface area contributed by atoms with Crippen molar-refractivity contribution in [1.82, 2.24) is 9.97 Å². The summed E-state index contributed by atoms with van der Waals surface area (Å²) in [4.78, 5) is 19.9. The molecule has 18 heavy (non-hydrogen) atoms. The Morgan fingerprint density at radius 2 is 2.17 bits per heavy atom. The fraction of sp³-hybridized carbons (Fsp3) is 0.308. The average molecular weight is 245 g/mol. The summed E-state index contributed by atoms with van der Waals surface area (Å²) in [7, 11) is 0. The van der Waals surface area contributed by atoms with Gasteiger partial charge >= 0.3 is 5.97 Å². The summed E-state index contributed by atoms with van der Waals surface area (Å²) < 4.78 is 4.94. The van der Waals surface area contributed by atoms with Crippen LogP contribution in [0, 0.1) is 0 Å². The normalized spacial score (nSPS) is 12.1. The number of carbonyl (C=O) groups is 1. The molecular formula is C13H15N3O2. The topological polar surface area (TPSA) is 64.1 Å². The molecule has 5 nitrogen and oxygen atoms in total. The van der Waals surface area contributed by atoms with E-state index in [9.17, 15) is 4.79 Å². The van der Waals surface area contributed by atoms with Gasteiger partial charge in [-0.15, -0.1) is 0 Å². The van der Waals surface area contributed by atoms with Crippen LogP contribution in [0.4, 0.5) is 5.82 Å². The van der Waals surface area contributed by atoms with Crippen LogP contribution in [-0.2, 0) is 9.53 Å². The highest BCUT2D eigenvalue weighted by atomic mass is 16.5. The molecule has 0 bridgehead atoms. The molecule has 0 amide bonds. The highest BCUT2D eigenvalue weighted by Gasteiger charge is 2.15. The highest BCUT2D eigenvalue weighted by molar-refractivity contribution is 5.90. The van der Waals surface area contributed by atoms with Gasteiger partial charge < -0.3 is 10.1 Å². The maximum absolute atomic E-state index is 11.6. The van der Waals surface area contributed by atoms with E-state index in [0.29, 0.717) is 12.4 Å². The predicted molar refractivity (Wildman–Crippen MR) is 69.3 cm³/mol. The number of anilines is 1. The first kappa shape index (κ1) is 12.3. The largest absolute Gasteiger partial charge is 0.464 e. The third-order valence-electron chi connectivity index (χ3n) is 2.54. The summed E-state index contributed by atoms with van der Waals surface area (Å²) >= 11 is 0. The van der Waals surface area contributed by atoms with Crippen LogP contribution >= 0.6 is 0 Å².